The molecule has 150 valence electrons. The lowest BCUT2D eigenvalue weighted by Crippen LogP contribution is -2.55. The van der Waals surface area contributed by atoms with Crippen LogP contribution in [0.25, 0.3) is 0 Å². The van der Waals surface area contributed by atoms with Crippen LogP contribution in [-0.2, 0) is 18.1 Å². The summed E-state index contributed by atoms with van der Waals surface area (Å²) in [7, 11) is 2.01. The van der Waals surface area contributed by atoms with E-state index in [0.29, 0.717) is 24.1 Å². The van der Waals surface area contributed by atoms with Crippen LogP contribution in [0.3, 0.4) is 0 Å². The third-order valence-corrected chi connectivity index (χ3v) is 5.42. The number of amides is 1. The van der Waals surface area contributed by atoms with E-state index in [9.17, 15) is 18.0 Å². The quantitative estimate of drug-likeness (QED) is 0.826. The highest BCUT2D eigenvalue weighted by Gasteiger charge is 2.38. The molecule has 1 saturated heterocycles. The van der Waals surface area contributed by atoms with Crippen LogP contribution in [0.2, 0.25) is 0 Å². The molecule has 0 unspecified atom stereocenters. The Hall–Kier alpha value is -2.34. The molecular weight excluding hydrogens is 365 g/mol. The van der Waals surface area contributed by atoms with E-state index in [-0.39, 0.29) is 5.91 Å². The fraction of sp³-hybridized carbons (Fsp3) is 0.409. The van der Waals surface area contributed by atoms with Gasteiger partial charge in [-0.25, -0.2) is 0 Å². The van der Waals surface area contributed by atoms with E-state index in [1.807, 2.05) is 37.4 Å². The normalized spacial score (nSPS) is 20.8. The average Bonchev–Trinajstić information content (AvgIpc) is 2.67. The van der Waals surface area contributed by atoms with Crippen LogP contribution >= 0.6 is 0 Å². The van der Waals surface area contributed by atoms with Crippen LogP contribution in [0.4, 0.5) is 13.2 Å². The molecule has 3 rings (SSSR count). The Bertz CT molecular complexity index is 835. The Labute approximate surface area is 163 Å². The second kappa shape index (κ2) is 7.95. The van der Waals surface area contributed by atoms with Crippen molar-refractivity contribution in [2.24, 2.45) is 0 Å². The zero-order chi connectivity index (χ0) is 20.4. The number of aryl methyl sites for hydroxylation is 1. The van der Waals surface area contributed by atoms with Crippen LogP contribution in [-0.4, -0.2) is 30.9 Å². The van der Waals surface area contributed by atoms with Gasteiger partial charge < -0.3 is 10.2 Å². The van der Waals surface area contributed by atoms with Crippen molar-refractivity contribution in [3.8, 4) is 0 Å². The Kier molecular flexibility index (Phi) is 5.79. The number of benzene rings is 2. The summed E-state index contributed by atoms with van der Waals surface area (Å²) in [6, 6.07) is 13.1. The molecule has 1 aliphatic heterocycles. The predicted octanol–water partition coefficient (Wildman–Crippen LogP) is 4.62. The van der Waals surface area contributed by atoms with Gasteiger partial charge in [0, 0.05) is 12.1 Å². The summed E-state index contributed by atoms with van der Waals surface area (Å²) in [5.41, 5.74) is 0.439. The number of nitrogens with zero attached hydrogens (tertiary/aromatic N) is 1. The highest BCUT2D eigenvalue weighted by molar-refractivity contribution is 5.96. The molecule has 1 aliphatic rings. The zero-order valence-electron chi connectivity index (χ0n) is 16.1. The number of hydrogen-bond donors (Lipinski definition) is 1. The number of halogens is 3. The topological polar surface area (TPSA) is 32.3 Å². The minimum absolute atomic E-state index is 0.305. The number of likely N-dealkylation sites (tertiary alicyclic amines) is 1. The average molecular weight is 390 g/mol. The minimum atomic E-state index is -4.42. The van der Waals surface area contributed by atoms with Crippen molar-refractivity contribution in [3.05, 3.63) is 70.8 Å². The molecule has 0 aromatic heterocycles. The number of carbonyl (C=O) groups is 1. The summed E-state index contributed by atoms with van der Waals surface area (Å²) in [6.07, 6.45) is -2.35. The molecule has 3 nitrogen and oxygen atoms in total. The third kappa shape index (κ3) is 4.22. The van der Waals surface area contributed by atoms with Crippen LogP contribution in [0.15, 0.2) is 48.5 Å². The van der Waals surface area contributed by atoms with Crippen molar-refractivity contribution in [2.75, 3.05) is 20.1 Å². The smallest absolute Gasteiger partial charge is 0.341 e. The summed E-state index contributed by atoms with van der Waals surface area (Å²) in [6.45, 7) is 3.36. The Morgan fingerprint density at radius 2 is 1.89 bits per heavy atom. The van der Waals surface area contributed by atoms with Gasteiger partial charge in [0.2, 0.25) is 0 Å². The second-order valence-corrected chi connectivity index (χ2v) is 7.47. The molecule has 0 radical (unpaired) electrons. The molecule has 2 aromatic rings. The van der Waals surface area contributed by atoms with Crippen molar-refractivity contribution < 1.29 is 18.0 Å². The van der Waals surface area contributed by atoms with Gasteiger partial charge in [0.15, 0.2) is 0 Å². The Morgan fingerprint density at radius 1 is 1.18 bits per heavy atom. The van der Waals surface area contributed by atoms with Gasteiger partial charge in [-0.15, -0.1) is 0 Å². The van der Waals surface area contributed by atoms with Crippen molar-refractivity contribution in [3.63, 3.8) is 0 Å². The molecule has 1 atom stereocenters. The van der Waals surface area contributed by atoms with E-state index in [4.69, 9.17) is 0 Å². The molecule has 1 N–H and O–H groups in total. The monoisotopic (exact) mass is 390 g/mol. The molecule has 28 heavy (non-hydrogen) atoms. The van der Waals surface area contributed by atoms with Gasteiger partial charge in [-0.2, -0.15) is 13.2 Å². The molecule has 1 heterocycles. The molecule has 0 saturated carbocycles. The van der Waals surface area contributed by atoms with Gasteiger partial charge in [-0.3, -0.25) is 4.79 Å². The van der Waals surface area contributed by atoms with Crippen LogP contribution < -0.4 is 5.32 Å². The van der Waals surface area contributed by atoms with E-state index in [1.54, 1.807) is 6.92 Å². The van der Waals surface area contributed by atoms with E-state index in [0.717, 1.165) is 37.1 Å². The lowest BCUT2D eigenvalue weighted by molar-refractivity contribution is -0.137. The third-order valence-electron chi connectivity index (χ3n) is 5.42. The first-order valence-corrected chi connectivity index (χ1v) is 9.52. The van der Waals surface area contributed by atoms with E-state index >= 15 is 0 Å². The highest BCUT2D eigenvalue weighted by atomic mass is 19.4. The maximum absolute atomic E-state index is 13.1. The molecule has 6 heteroatoms. The van der Waals surface area contributed by atoms with E-state index in [2.05, 4.69) is 10.2 Å². The summed E-state index contributed by atoms with van der Waals surface area (Å²) < 4.78 is 39.1. The van der Waals surface area contributed by atoms with Crippen molar-refractivity contribution in [1.82, 2.24) is 10.2 Å². The van der Waals surface area contributed by atoms with Gasteiger partial charge in [-0.1, -0.05) is 37.3 Å². The van der Waals surface area contributed by atoms with Gasteiger partial charge in [0.1, 0.15) is 0 Å². The van der Waals surface area contributed by atoms with E-state index in [1.165, 1.54) is 6.07 Å². The first kappa shape index (κ1) is 20.4. The van der Waals surface area contributed by atoms with Crippen LogP contribution in [0.5, 0.6) is 0 Å². The standard InChI is InChI=1S/C22H25F3N2O/c1-3-16-14-18(22(23,24)25)10-11-19(16)20(28)26-21(12-7-13-27(2)15-21)17-8-5-4-6-9-17/h4-6,8-11,14H,3,7,12-13,15H2,1-2H3,(H,26,28)/t21-/m1/s1. The number of nitrogens with one attached hydrogen (secondary N) is 1. The van der Waals surface area contributed by atoms with E-state index < -0.39 is 17.3 Å². The molecule has 1 amide bonds. The first-order chi connectivity index (χ1) is 13.2. The zero-order valence-corrected chi connectivity index (χ0v) is 16.1. The minimum Gasteiger partial charge on any atom is -0.341 e. The summed E-state index contributed by atoms with van der Waals surface area (Å²) in [4.78, 5) is 15.3. The lowest BCUT2D eigenvalue weighted by Gasteiger charge is -2.42. The maximum atomic E-state index is 13.1. The number of alkyl halides is 3. The van der Waals surface area contributed by atoms with Gasteiger partial charge >= 0.3 is 6.18 Å². The fourth-order valence-electron chi connectivity index (χ4n) is 4.01. The second-order valence-electron chi connectivity index (χ2n) is 7.47. The number of piperidine rings is 1. The SMILES string of the molecule is CCc1cc(C(F)(F)F)ccc1C(=O)N[C@]1(c2ccccc2)CCCN(C)C1. The van der Waals surface area contributed by atoms with Gasteiger partial charge in [-0.05, 0) is 62.2 Å². The number of rotatable bonds is 4. The van der Waals surface area contributed by atoms with Crippen molar-refractivity contribution in [2.45, 2.75) is 37.9 Å². The number of hydrogen-bond acceptors (Lipinski definition) is 2. The van der Waals surface area contributed by atoms with Crippen molar-refractivity contribution >= 4 is 5.91 Å². The molecule has 1 fully saturated rings. The van der Waals surface area contributed by atoms with Gasteiger partial charge in [0.25, 0.3) is 5.91 Å². The molecule has 0 aliphatic carbocycles. The van der Waals surface area contributed by atoms with Gasteiger partial charge in [0.05, 0.1) is 11.1 Å². The van der Waals surface area contributed by atoms with Crippen molar-refractivity contribution in [1.29, 1.82) is 0 Å². The summed E-state index contributed by atoms with van der Waals surface area (Å²) in [5, 5.41) is 3.17. The van der Waals surface area contributed by atoms with Crippen LogP contribution in [0.1, 0.15) is 46.8 Å². The molecular formula is C22H25F3N2O. The molecule has 0 spiro atoms. The molecule has 2 aromatic carbocycles. The largest absolute Gasteiger partial charge is 0.416 e. The maximum Gasteiger partial charge on any atom is 0.416 e. The fourth-order valence-corrected chi connectivity index (χ4v) is 4.01. The Balaban J connectivity index is 1.95. The number of likely N-dealkylation sites (N-methyl/N-ethyl adjacent to an activating group) is 1. The molecule has 0 bridgehead atoms. The lowest BCUT2D eigenvalue weighted by atomic mass is 9.82. The predicted molar refractivity (Wildman–Crippen MR) is 103 cm³/mol. The highest BCUT2D eigenvalue weighted by Crippen LogP contribution is 2.33. The number of carbonyl (C=O) groups excluding carboxylic acids is 1. The summed E-state index contributed by atoms with van der Waals surface area (Å²) >= 11 is 0. The first-order valence-electron chi connectivity index (χ1n) is 9.52. The Morgan fingerprint density at radius 3 is 2.50 bits per heavy atom. The summed E-state index contributed by atoms with van der Waals surface area (Å²) in [5.74, 6) is -0.329. The van der Waals surface area contributed by atoms with Crippen LogP contribution in [0, 0.1) is 0 Å².